The molecular weight excluding hydrogens is 1260 g/mol. The number of nitrogens with two attached hydrogens (primary N) is 2. The minimum Gasteiger partial charge on any atom is -0.481 e. The average Bonchev–Trinajstić information content (AvgIpc) is 1.56. The first-order chi connectivity index (χ1) is 42.4. The standard InChI is InChI=1S/C58H94N14O18.2Ca/c1-30(2)19-14-12-10-8-9-11-13-15-22-40(73)65-37(27-59)51(82)70-48-34(7)63-52(83)39-21-18-24-72(39)56(87)45(31(3)4)68-55(86)47(33(6)60)67-42(75)29-62-49(80)35(25-43(76)77)64-41(74)28-61-50(81)36(26-44(78)79)66-54(85)46(32(5)58(89)90)69-53(84)38-20-16-17-23-71(38)57(48)88;;/h13,15,30-39,45-48H,8-12,14,16-29,59-60H2,1-7H3,(H,61,81)(H,62,80)(H,63,83)(H,64,74)(H,65,73)(H,66,85)(H,67,75)(H,68,86)(H,69,84)(H,70,82)(H,76,77)(H,78,79)(H,89,90);;/q;2*+2/b15-13-;;. The third-order valence-electron chi connectivity index (χ3n) is 15.6. The van der Waals surface area contributed by atoms with Crippen LogP contribution in [0.4, 0.5) is 0 Å². The summed E-state index contributed by atoms with van der Waals surface area (Å²) in [6, 6.07) is -17.6. The van der Waals surface area contributed by atoms with E-state index in [1.807, 2.05) is 11.4 Å². The van der Waals surface area contributed by atoms with Crippen molar-refractivity contribution >= 4 is 164 Å². The van der Waals surface area contributed by atoms with Crippen molar-refractivity contribution in [1.82, 2.24) is 63.0 Å². The number of unbranched alkanes of at least 4 members (excludes halogenated alkanes) is 5. The Bertz CT molecular complexity index is 2630. The molecular formula is C58H94Ca2N14O18+4. The topological polar surface area (TPSA) is 496 Å². The monoisotopic (exact) mass is 1350 g/mol. The van der Waals surface area contributed by atoms with Gasteiger partial charge in [0.05, 0.1) is 37.9 Å². The van der Waals surface area contributed by atoms with Crippen molar-refractivity contribution in [3.05, 3.63) is 12.2 Å². The van der Waals surface area contributed by atoms with Crippen LogP contribution >= 0.6 is 0 Å². The number of carbonyl (C=O) groups excluding carboxylic acids is 12. The molecule has 0 aromatic heterocycles. The molecule has 32 nitrogen and oxygen atoms in total. The second-order valence-electron chi connectivity index (χ2n) is 23.8. The summed E-state index contributed by atoms with van der Waals surface area (Å²) in [7, 11) is 0. The van der Waals surface area contributed by atoms with Crippen molar-refractivity contribution in [2.75, 3.05) is 32.7 Å². The van der Waals surface area contributed by atoms with Gasteiger partial charge < -0.3 is 89.8 Å². The number of carboxylic acids is 3. The number of rotatable bonds is 22. The number of carbonyl (C=O) groups is 15. The molecule has 34 heteroatoms. The van der Waals surface area contributed by atoms with Gasteiger partial charge in [-0.3, -0.25) is 71.9 Å². The van der Waals surface area contributed by atoms with E-state index in [9.17, 15) is 82.4 Å². The first-order valence-electron chi connectivity index (χ1n) is 30.7. The number of allylic oxidation sites excluding steroid dienone is 1. The van der Waals surface area contributed by atoms with Crippen LogP contribution in [0.5, 0.6) is 0 Å². The van der Waals surface area contributed by atoms with Crippen LogP contribution in [0.1, 0.15) is 145 Å². The smallest absolute Gasteiger partial charge is 0.481 e. The van der Waals surface area contributed by atoms with Crippen molar-refractivity contribution in [3.63, 3.8) is 0 Å². The Hall–Kier alpha value is -5.77. The quantitative estimate of drug-likeness (QED) is 0.0277. The fourth-order valence-electron chi connectivity index (χ4n) is 10.4. The second kappa shape index (κ2) is 42.5. The van der Waals surface area contributed by atoms with E-state index in [0.29, 0.717) is 5.92 Å². The van der Waals surface area contributed by atoms with Crippen LogP contribution in [-0.2, 0) is 71.9 Å². The van der Waals surface area contributed by atoms with Crippen molar-refractivity contribution < 1.29 is 87.2 Å². The Labute approximate surface area is 595 Å². The number of nitrogens with zero attached hydrogens (tertiary/aromatic N) is 2. The number of hydrogen-bond acceptors (Lipinski definition) is 17. The van der Waals surface area contributed by atoms with Gasteiger partial charge in [0.2, 0.25) is 70.9 Å². The van der Waals surface area contributed by atoms with Crippen LogP contribution in [0.15, 0.2) is 12.2 Å². The van der Waals surface area contributed by atoms with Crippen LogP contribution in [-0.4, -0.2) is 289 Å². The molecule has 3 fully saturated rings. The SMILES string of the molecule is CC(C)CCCCCCC/C=C\CC(=O)NC(CN)C(=O)NC1C(=O)N2CCCCC2C(=O)NC(C(C)C(=O)O)C(=O)NC(CC(=O)O)C(=O)NCC(=O)NC(CC(=O)O)C(=O)NCC(=O)NC(C(C)N)C(=O)NC(C(C)C)C(=O)N2CCCC2C(=O)NC1C.[Ca+2].[Ca+2]. The van der Waals surface area contributed by atoms with Gasteiger partial charge in [-0.1, -0.05) is 72.0 Å². The molecule has 0 aromatic rings. The van der Waals surface area contributed by atoms with Crippen molar-refractivity contribution in [3.8, 4) is 0 Å². The number of hydrogen-bond donors (Lipinski definition) is 15. The first-order valence-corrected chi connectivity index (χ1v) is 30.7. The van der Waals surface area contributed by atoms with E-state index in [1.54, 1.807) is 19.9 Å². The van der Waals surface area contributed by atoms with E-state index in [0.717, 1.165) is 50.3 Å². The Balaban J connectivity index is 0.0000212. The number of fused-ring (bicyclic) bond motifs is 2. The molecule has 3 aliphatic heterocycles. The Morgan fingerprint density at radius 3 is 1.66 bits per heavy atom. The number of piperidine rings is 1. The maximum Gasteiger partial charge on any atom is 2.00 e. The van der Waals surface area contributed by atoms with E-state index >= 15 is 4.79 Å². The van der Waals surface area contributed by atoms with Crippen LogP contribution in [0, 0.1) is 17.8 Å². The van der Waals surface area contributed by atoms with Gasteiger partial charge in [-0.2, -0.15) is 0 Å². The summed E-state index contributed by atoms with van der Waals surface area (Å²) in [6.07, 6.45) is 9.14. The predicted octanol–water partition coefficient (Wildman–Crippen LogP) is -4.29. The maximum atomic E-state index is 15.2. The van der Waals surface area contributed by atoms with E-state index in [2.05, 4.69) is 61.7 Å². The number of amides is 12. The van der Waals surface area contributed by atoms with E-state index in [1.165, 1.54) is 25.2 Å². The van der Waals surface area contributed by atoms with Gasteiger partial charge in [-0.05, 0) is 77.6 Å². The molecule has 17 N–H and O–H groups in total. The summed E-state index contributed by atoms with van der Waals surface area (Å²) in [6.45, 7) is 8.59. The maximum absolute atomic E-state index is 15.2. The normalized spacial score (nSPS) is 25.0. The molecule has 0 spiro atoms. The summed E-state index contributed by atoms with van der Waals surface area (Å²) >= 11 is 0. The first kappa shape index (κ1) is 84.2. The third-order valence-corrected chi connectivity index (χ3v) is 15.6. The van der Waals surface area contributed by atoms with Crippen LogP contribution in [0.3, 0.4) is 0 Å². The Kier molecular flexibility index (Phi) is 38.9. The molecule has 12 unspecified atom stereocenters. The Morgan fingerprint density at radius 2 is 1.11 bits per heavy atom. The molecule has 0 aliphatic carbocycles. The number of nitrogens with one attached hydrogen (secondary N) is 10. The zero-order valence-electron chi connectivity index (χ0n) is 53.8. The molecule has 0 aromatic carbocycles. The number of carboxylic acid groups (broad SMARTS) is 3. The summed E-state index contributed by atoms with van der Waals surface area (Å²) in [4.78, 5) is 206. The van der Waals surface area contributed by atoms with Gasteiger partial charge in [0, 0.05) is 32.1 Å². The molecule has 92 heavy (non-hydrogen) atoms. The minimum atomic E-state index is -2.10. The van der Waals surface area contributed by atoms with E-state index < -0.39 is 200 Å². The summed E-state index contributed by atoms with van der Waals surface area (Å²) in [5.74, 6) is -19.3. The zero-order valence-corrected chi connectivity index (χ0v) is 58.2. The third kappa shape index (κ3) is 28.0. The molecule has 0 bridgehead atoms. The zero-order chi connectivity index (χ0) is 67.5. The molecule has 504 valence electrons. The van der Waals surface area contributed by atoms with Crippen LogP contribution in [0.2, 0.25) is 0 Å². The summed E-state index contributed by atoms with van der Waals surface area (Å²) < 4.78 is 0. The van der Waals surface area contributed by atoms with Gasteiger partial charge in [0.25, 0.3) is 0 Å². The van der Waals surface area contributed by atoms with Gasteiger partial charge >= 0.3 is 93.4 Å². The van der Waals surface area contributed by atoms with E-state index in [4.69, 9.17) is 11.5 Å². The van der Waals surface area contributed by atoms with Crippen molar-refractivity contribution in [1.29, 1.82) is 0 Å². The van der Waals surface area contributed by atoms with Crippen LogP contribution < -0.4 is 64.6 Å². The minimum absolute atomic E-state index is 0. The van der Waals surface area contributed by atoms with Gasteiger partial charge in [-0.15, -0.1) is 0 Å². The Morgan fingerprint density at radius 1 is 0.598 bits per heavy atom. The van der Waals surface area contributed by atoms with Gasteiger partial charge in [0.15, 0.2) is 0 Å². The summed E-state index contributed by atoms with van der Waals surface area (Å²) in [5, 5.41) is 52.8. The molecule has 0 saturated carbocycles. The van der Waals surface area contributed by atoms with Gasteiger partial charge in [-0.25, -0.2) is 0 Å². The summed E-state index contributed by atoms with van der Waals surface area (Å²) in [5.41, 5.74) is 12.2. The molecule has 3 rings (SSSR count). The largest absolute Gasteiger partial charge is 2.00 e. The molecule has 3 aliphatic rings. The number of aliphatic carboxylic acids is 3. The molecule has 3 heterocycles. The molecule has 3 saturated heterocycles. The fraction of sp³-hybridized carbons (Fsp3) is 0.707. The predicted molar refractivity (Wildman–Crippen MR) is 332 cm³/mol. The van der Waals surface area contributed by atoms with E-state index in [-0.39, 0.29) is 127 Å². The van der Waals surface area contributed by atoms with Crippen LogP contribution in [0.25, 0.3) is 0 Å². The molecule has 0 radical (unpaired) electrons. The van der Waals surface area contributed by atoms with Crippen molar-refractivity contribution in [2.24, 2.45) is 29.2 Å². The molecule has 12 atom stereocenters. The molecule has 12 amide bonds. The second-order valence-corrected chi connectivity index (χ2v) is 23.8. The van der Waals surface area contributed by atoms with Gasteiger partial charge in [0.1, 0.15) is 54.4 Å². The van der Waals surface area contributed by atoms with Crippen molar-refractivity contribution in [2.45, 2.75) is 211 Å². The fourth-order valence-corrected chi connectivity index (χ4v) is 10.4. The average molecular weight is 1360 g/mol.